The molecular formula is C39H50N4O5S2. The van der Waals surface area contributed by atoms with E-state index in [2.05, 4.69) is 29.5 Å². The van der Waals surface area contributed by atoms with E-state index in [1.54, 1.807) is 23.3 Å². The minimum atomic E-state index is -0.974. The molecule has 11 heteroatoms. The maximum atomic E-state index is 14.0. The molecule has 9 nitrogen and oxygen atoms in total. The highest BCUT2D eigenvalue weighted by atomic mass is 32.1. The molecule has 4 rings (SSSR count). The fourth-order valence-corrected chi connectivity index (χ4v) is 7.26. The zero-order valence-electron chi connectivity index (χ0n) is 29.6. The fourth-order valence-electron chi connectivity index (χ4n) is 5.82. The van der Waals surface area contributed by atoms with Gasteiger partial charge in [0.1, 0.15) is 6.61 Å². The van der Waals surface area contributed by atoms with Crippen LogP contribution in [-0.4, -0.2) is 58.1 Å². The summed E-state index contributed by atoms with van der Waals surface area (Å²) in [6.07, 6.45) is -0.257. The van der Waals surface area contributed by atoms with Gasteiger partial charge in [-0.05, 0) is 53.7 Å². The Hall–Kier alpha value is -4.06. The molecule has 4 aromatic rings. The molecule has 0 bridgehead atoms. The van der Waals surface area contributed by atoms with Crippen molar-refractivity contribution in [1.29, 1.82) is 0 Å². The molecule has 0 radical (unpaired) electrons. The first-order valence-electron chi connectivity index (χ1n) is 17.2. The topological polar surface area (TPSA) is 121 Å². The van der Waals surface area contributed by atoms with Crippen LogP contribution in [0, 0.1) is 11.8 Å². The van der Waals surface area contributed by atoms with E-state index in [1.807, 2.05) is 97.4 Å². The Kier molecular flexibility index (Phi) is 15.0. The van der Waals surface area contributed by atoms with Crippen LogP contribution in [0.25, 0.3) is 0 Å². The van der Waals surface area contributed by atoms with E-state index < -0.39 is 24.3 Å². The first-order valence-corrected chi connectivity index (χ1v) is 18.9. The third-order valence-corrected chi connectivity index (χ3v) is 10.6. The predicted molar refractivity (Wildman–Crippen MR) is 200 cm³/mol. The van der Waals surface area contributed by atoms with Crippen LogP contribution in [-0.2, 0) is 35.5 Å². The number of thiazole rings is 1. The Morgan fingerprint density at radius 2 is 1.54 bits per heavy atom. The van der Waals surface area contributed by atoms with Gasteiger partial charge in [-0.25, -0.2) is 14.6 Å². The Labute approximate surface area is 304 Å². The van der Waals surface area contributed by atoms with Crippen LogP contribution in [0.15, 0.2) is 83.6 Å². The highest BCUT2D eigenvalue weighted by Gasteiger charge is 2.31. The first-order chi connectivity index (χ1) is 24.0. The number of carbonyl (C=O) groups excluding carboxylic acids is 3. The normalized spacial score (nSPS) is 13.8. The van der Waals surface area contributed by atoms with Gasteiger partial charge in [0.05, 0.1) is 35.4 Å². The highest BCUT2D eigenvalue weighted by molar-refractivity contribution is 7.10. The maximum Gasteiger partial charge on any atom is 0.407 e. The molecule has 0 saturated heterocycles. The molecule has 0 spiro atoms. The van der Waals surface area contributed by atoms with Gasteiger partial charge < -0.3 is 25.4 Å². The number of aliphatic hydroxyl groups is 1. The Balaban J connectivity index is 1.46. The van der Waals surface area contributed by atoms with Crippen molar-refractivity contribution < 1.29 is 24.2 Å². The van der Waals surface area contributed by atoms with Crippen LogP contribution in [0.5, 0.6) is 0 Å². The number of alkyl carbamates (subject to hydrolysis) is 1. The van der Waals surface area contributed by atoms with Crippen molar-refractivity contribution >= 4 is 40.6 Å². The molecule has 0 aliphatic carbocycles. The quantitative estimate of drug-likeness (QED) is 0.0975. The molecular weight excluding hydrogens is 669 g/mol. The molecule has 0 aliphatic heterocycles. The number of nitrogens with one attached hydrogen (secondary N) is 2. The van der Waals surface area contributed by atoms with Gasteiger partial charge in [-0.2, -0.15) is 0 Å². The number of ether oxygens (including phenoxy) is 1. The van der Waals surface area contributed by atoms with Crippen molar-refractivity contribution in [2.75, 3.05) is 7.05 Å². The summed E-state index contributed by atoms with van der Waals surface area (Å²) in [5.41, 5.74) is 2.81. The molecule has 268 valence electrons. The third-order valence-electron chi connectivity index (χ3n) is 8.53. The summed E-state index contributed by atoms with van der Waals surface area (Å²) in [6, 6.07) is 21.6. The lowest BCUT2D eigenvalue weighted by molar-refractivity contribution is -0.123. The first kappa shape index (κ1) is 38.7. The van der Waals surface area contributed by atoms with Crippen molar-refractivity contribution in [3.05, 3.63) is 110 Å². The molecule has 2 aromatic heterocycles. The smallest absolute Gasteiger partial charge is 0.407 e. The van der Waals surface area contributed by atoms with E-state index in [9.17, 15) is 19.5 Å². The minimum absolute atomic E-state index is 0.103. The van der Waals surface area contributed by atoms with Gasteiger partial charge >= 0.3 is 12.1 Å². The van der Waals surface area contributed by atoms with E-state index in [1.165, 1.54) is 11.3 Å². The van der Waals surface area contributed by atoms with Crippen LogP contribution in [0.1, 0.15) is 73.2 Å². The van der Waals surface area contributed by atoms with Gasteiger partial charge in [0.15, 0.2) is 5.78 Å². The molecule has 0 saturated carbocycles. The molecule has 0 unspecified atom stereocenters. The maximum absolute atomic E-state index is 14.0. The summed E-state index contributed by atoms with van der Waals surface area (Å²) in [6.45, 7) is 8.49. The number of ketones is 1. The summed E-state index contributed by atoms with van der Waals surface area (Å²) >= 11 is 3.08. The van der Waals surface area contributed by atoms with Crippen LogP contribution in [0.4, 0.5) is 9.59 Å². The molecule has 0 fully saturated rings. The van der Waals surface area contributed by atoms with Gasteiger partial charge in [-0.1, -0.05) is 94.4 Å². The van der Waals surface area contributed by atoms with E-state index in [4.69, 9.17) is 4.74 Å². The number of carbonyl (C=O) groups is 3. The number of hydrogen-bond donors (Lipinski definition) is 3. The number of hydrogen-bond acceptors (Lipinski definition) is 8. The molecule has 3 amide bonds. The second-order valence-corrected chi connectivity index (χ2v) is 15.4. The van der Waals surface area contributed by atoms with Gasteiger partial charge in [-0.15, -0.1) is 22.7 Å². The number of aliphatic hydroxyl groups excluding tert-OH is 1. The SMILES string of the molecule is CC(C)c1nc(CN(C)C(=O)N[C@H](C(=O)C[C@@H](Cc2ccccc2)C[C@H](O)[C@H](Cc2ccccc2)NC(=O)OCc2cccs2)C(C)C)cs1. The van der Waals surface area contributed by atoms with E-state index in [0.717, 1.165) is 26.7 Å². The number of Topliss-reactive ketones (excluding diaryl/α,β-unsaturated/α-hetero) is 1. The van der Waals surface area contributed by atoms with Gasteiger partial charge in [0.25, 0.3) is 0 Å². The average Bonchev–Trinajstić information content (AvgIpc) is 3.79. The summed E-state index contributed by atoms with van der Waals surface area (Å²) in [5.74, 6) is -0.205. The molecule has 0 aliphatic rings. The van der Waals surface area contributed by atoms with Crippen LogP contribution in [0.2, 0.25) is 0 Å². The molecule has 3 N–H and O–H groups in total. The Morgan fingerprint density at radius 1 is 0.880 bits per heavy atom. The van der Waals surface area contributed by atoms with E-state index in [-0.39, 0.29) is 43.1 Å². The standard InChI is InChI=1S/C39H50N4O5S2/c1-26(2)36(42-38(46)43(5)23-31-25-50-37(40-31)27(3)4)35(45)22-30(19-28-13-8-6-9-14-28)21-34(44)33(20-29-15-10-7-11-16-29)41-39(47)48-24-32-17-12-18-49-32/h6-18,25-27,30,33-34,36,44H,19-24H2,1-5H3,(H,41,47)(H,42,46)/t30-,33-,34-,36-/m0/s1. The van der Waals surface area contributed by atoms with Crippen LogP contribution >= 0.6 is 22.7 Å². The molecule has 4 atom stereocenters. The summed E-state index contributed by atoms with van der Waals surface area (Å²) in [4.78, 5) is 47.3. The fraction of sp³-hybridized carbons (Fsp3) is 0.436. The lowest BCUT2D eigenvalue weighted by Crippen LogP contribution is -2.49. The minimum Gasteiger partial charge on any atom is -0.444 e. The molecule has 50 heavy (non-hydrogen) atoms. The van der Waals surface area contributed by atoms with Crippen LogP contribution < -0.4 is 10.6 Å². The lowest BCUT2D eigenvalue weighted by Gasteiger charge is -2.29. The number of urea groups is 1. The predicted octanol–water partition coefficient (Wildman–Crippen LogP) is 7.60. The van der Waals surface area contributed by atoms with Crippen LogP contribution in [0.3, 0.4) is 0 Å². The lowest BCUT2D eigenvalue weighted by atomic mass is 9.84. The van der Waals surface area contributed by atoms with E-state index >= 15 is 0 Å². The third kappa shape index (κ3) is 12.4. The monoisotopic (exact) mass is 718 g/mol. The van der Waals surface area contributed by atoms with Gasteiger partial charge in [-0.3, -0.25) is 4.79 Å². The van der Waals surface area contributed by atoms with E-state index in [0.29, 0.717) is 25.3 Å². The van der Waals surface area contributed by atoms with Gasteiger partial charge in [0.2, 0.25) is 0 Å². The van der Waals surface area contributed by atoms with Gasteiger partial charge in [0, 0.05) is 29.6 Å². The number of thiophene rings is 1. The second-order valence-electron chi connectivity index (χ2n) is 13.5. The number of amides is 3. The zero-order chi connectivity index (χ0) is 36.0. The summed E-state index contributed by atoms with van der Waals surface area (Å²) < 4.78 is 5.48. The highest BCUT2D eigenvalue weighted by Crippen LogP contribution is 2.24. The number of nitrogens with zero attached hydrogens (tertiary/aromatic N) is 2. The molecule has 2 heterocycles. The van der Waals surface area contributed by atoms with Crippen molar-refractivity contribution in [2.24, 2.45) is 11.8 Å². The number of benzene rings is 2. The van der Waals surface area contributed by atoms with Crippen molar-refractivity contribution in [3.63, 3.8) is 0 Å². The summed E-state index contributed by atoms with van der Waals surface area (Å²) in [5, 5.41) is 22.5. The second kappa shape index (κ2) is 19.4. The molecule has 2 aromatic carbocycles. The summed E-state index contributed by atoms with van der Waals surface area (Å²) in [7, 11) is 1.70. The Bertz CT molecular complexity index is 1610. The van der Waals surface area contributed by atoms with Crippen molar-refractivity contribution in [2.45, 2.75) is 90.6 Å². The van der Waals surface area contributed by atoms with Crippen molar-refractivity contribution in [1.82, 2.24) is 20.5 Å². The largest absolute Gasteiger partial charge is 0.444 e. The zero-order valence-corrected chi connectivity index (χ0v) is 31.2. The number of rotatable bonds is 18. The average molecular weight is 719 g/mol. The number of aromatic nitrogens is 1. The van der Waals surface area contributed by atoms with Crippen molar-refractivity contribution in [3.8, 4) is 0 Å². The Morgan fingerprint density at radius 3 is 2.12 bits per heavy atom.